The van der Waals surface area contributed by atoms with Crippen LogP contribution in [0.2, 0.25) is 0 Å². The Labute approximate surface area is 322 Å². The number of aromatic nitrogens is 6. The lowest BCUT2D eigenvalue weighted by Gasteiger charge is -2.38. The van der Waals surface area contributed by atoms with Gasteiger partial charge >= 0.3 is 0 Å². The van der Waals surface area contributed by atoms with E-state index in [0.29, 0.717) is 45.2 Å². The van der Waals surface area contributed by atoms with Crippen molar-refractivity contribution in [2.75, 3.05) is 74.2 Å². The van der Waals surface area contributed by atoms with E-state index in [4.69, 9.17) is 19.4 Å². The molecule has 15 heteroatoms. The van der Waals surface area contributed by atoms with Gasteiger partial charge in [-0.1, -0.05) is 6.07 Å². The zero-order valence-corrected chi connectivity index (χ0v) is 33.4. The second-order valence-corrected chi connectivity index (χ2v) is 18.0. The van der Waals surface area contributed by atoms with Crippen LogP contribution in [0.4, 0.5) is 34.5 Å². The van der Waals surface area contributed by atoms with Gasteiger partial charge in [-0.05, 0) is 72.4 Å². The van der Waals surface area contributed by atoms with Crippen LogP contribution in [-0.4, -0.2) is 83.4 Å². The van der Waals surface area contributed by atoms with Gasteiger partial charge in [-0.25, -0.2) is 9.97 Å². The number of piperazine rings is 1. The third-order valence-corrected chi connectivity index (χ3v) is 12.0. The molecule has 1 aliphatic heterocycles. The Kier molecular flexibility index (Phi) is 9.65. The molecular formula is C39H42BrN10O3P. The summed E-state index contributed by atoms with van der Waals surface area (Å²) in [6.45, 7) is 6.83. The lowest BCUT2D eigenvalue weighted by atomic mass is 10.0. The quantitative estimate of drug-likeness (QED) is 0.125. The zero-order chi connectivity index (χ0) is 37.6. The fraction of sp³-hybridized carbons (Fsp3) is 0.308. The van der Waals surface area contributed by atoms with Crippen LogP contribution >= 0.6 is 23.1 Å². The minimum Gasteiger partial charge on any atom is -0.494 e. The molecule has 5 heterocycles. The molecule has 2 N–H and O–H groups in total. The van der Waals surface area contributed by atoms with Crippen LogP contribution in [0, 0.1) is 0 Å². The Hall–Kier alpha value is -5.20. The number of nitrogens with zero attached hydrogens (tertiary/aromatic N) is 8. The minimum absolute atomic E-state index is 0.361. The third kappa shape index (κ3) is 7.32. The van der Waals surface area contributed by atoms with E-state index in [-0.39, 0.29) is 0 Å². The first-order valence-electron chi connectivity index (χ1n) is 17.8. The molecule has 4 aromatic heterocycles. The van der Waals surface area contributed by atoms with Crippen molar-refractivity contribution < 1.29 is 14.0 Å². The largest absolute Gasteiger partial charge is 0.494 e. The summed E-state index contributed by atoms with van der Waals surface area (Å²) in [5.41, 5.74) is 7.48. The number of pyridine rings is 2. The molecule has 0 unspecified atom stereocenters. The van der Waals surface area contributed by atoms with Crippen molar-refractivity contribution in [2.45, 2.75) is 18.8 Å². The maximum Gasteiger partial charge on any atom is 0.229 e. The predicted octanol–water partition coefficient (Wildman–Crippen LogP) is 7.54. The highest BCUT2D eigenvalue weighted by atomic mass is 79.9. The second kappa shape index (κ2) is 14.6. The molecule has 0 amide bonds. The fourth-order valence-electron chi connectivity index (χ4n) is 7.06. The number of nitrogens with one attached hydrogen (secondary N) is 2. The average molecular weight is 810 g/mol. The molecule has 1 saturated heterocycles. The Morgan fingerprint density at radius 1 is 0.870 bits per heavy atom. The van der Waals surface area contributed by atoms with E-state index in [2.05, 4.69) is 75.7 Å². The average Bonchev–Trinajstić information content (AvgIpc) is 3.94. The van der Waals surface area contributed by atoms with E-state index in [1.807, 2.05) is 43.7 Å². The van der Waals surface area contributed by atoms with Crippen molar-refractivity contribution in [1.82, 2.24) is 29.7 Å². The van der Waals surface area contributed by atoms with Crippen LogP contribution in [0.25, 0.3) is 22.0 Å². The van der Waals surface area contributed by atoms with Crippen LogP contribution in [0.5, 0.6) is 11.6 Å². The number of halogens is 1. The van der Waals surface area contributed by atoms with E-state index < -0.39 is 7.14 Å². The fourth-order valence-corrected chi connectivity index (χ4v) is 8.83. The van der Waals surface area contributed by atoms with Crippen LogP contribution in [-0.2, 0) is 11.6 Å². The standard InChI is InChI=1S/C39H42BrN10O3P/c1-48-23-25(21-43-48)28-19-33(35(52-2)20-34(28)50-16-14-49(15-17-50)26-12-13-41-36(18-26)53-3)46-39-42-22-29(40)38(47-39)45-32-11-10-31-27(37(32)54(4,5)51)8-9-30(44-31)24-6-7-24/h8-13,18-24H,6-7,14-17H2,1-5H3,(H2,42,45,46,47). The maximum atomic E-state index is 13.8. The van der Waals surface area contributed by atoms with Crippen LogP contribution in [0.1, 0.15) is 24.5 Å². The number of methoxy groups -OCH3 is 2. The van der Waals surface area contributed by atoms with Gasteiger partial charge in [0.05, 0.1) is 41.8 Å². The SMILES string of the molecule is COc1cc(N2CCN(c3cc(OC)c(Nc4ncc(Br)c(Nc5ccc6nc(C7CC7)ccc6c5P(C)(C)=O)n4)cc3-c3cnn(C)c3)CC2)ccn1. The molecule has 54 heavy (non-hydrogen) atoms. The summed E-state index contributed by atoms with van der Waals surface area (Å²) in [4.78, 5) is 23.4. The van der Waals surface area contributed by atoms with Gasteiger partial charge in [-0.3, -0.25) is 9.67 Å². The van der Waals surface area contributed by atoms with Crippen molar-refractivity contribution in [1.29, 1.82) is 0 Å². The summed E-state index contributed by atoms with van der Waals surface area (Å²) < 4.78 is 27.6. The summed E-state index contributed by atoms with van der Waals surface area (Å²) in [6.07, 6.45) is 9.70. The van der Waals surface area contributed by atoms with Gasteiger partial charge < -0.3 is 34.5 Å². The Bertz CT molecular complexity index is 2400. The van der Waals surface area contributed by atoms with Gasteiger partial charge in [0.1, 0.15) is 18.7 Å². The number of fused-ring (bicyclic) bond motifs is 1. The highest BCUT2D eigenvalue weighted by Gasteiger charge is 2.27. The zero-order valence-electron chi connectivity index (χ0n) is 30.9. The summed E-state index contributed by atoms with van der Waals surface area (Å²) >= 11 is 3.63. The van der Waals surface area contributed by atoms with Crippen molar-refractivity contribution in [2.24, 2.45) is 7.05 Å². The van der Waals surface area contributed by atoms with Crippen molar-refractivity contribution in [3.05, 3.63) is 83.5 Å². The first-order chi connectivity index (χ1) is 26.1. The first-order valence-corrected chi connectivity index (χ1v) is 21.2. The lowest BCUT2D eigenvalue weighted by Crippen LogP contribution is -2.46. The van der Waals surface area contributed by atoms with Crippen molar-refractivity contribution >= 4 is 73.8 Å². The van der Waals surface area contributed by atoms with E-state index >= 15 is 0 Å². The maximum absolute atomic E-state index is 13.8. The van der Waals surface area contributed by atoms with Crippen LogP contribution in [0.3, 0.4) is 0 Å². The van der Waals surface area contributed by atoms with Gasteiger partial charge in [0.25, 0.3) is 0 Å². The number of anilines is 6. The van der Waals surface area contributed by atoms with E-state index in [9.17, 15) is 4.57 Å². The summed E-state index contributed by atoms with van der Waals surface area (Å²) in [5.74, 6) is 2.66. The van der Waals surface area contributed by atoms with Crippen molar-refractivity contribution in [3.63, 3.8) is 0 Å². The molecule has 0 spiro atoms. The molecule has 1 aliphatic carbocycles. The highest BCUT2D eigenvalue weighted by molar-refractivity contribution is 9.10. The Morgan fingerprint density at radius 2 is 1.67 bits per heavy atom. The van der Waals surface area contributed by atoms with Gasteiger partial charge in [0.15, 0.2) is 0 Å². The molecule has 278 valence electrons. The van der Waals surface area contributed by atoms with E-state index in [1.54, 1.807) is 44.6 Å². The minimum atomic E-state index is -2.74. The molecule has 0 atom stereocenters. The molecule has 0 bridgehead atoms. The molecule has 2 aromatic carbocycles. The number of rotatable bonds is 11. The third-order valence-electron chi connectivity index (χ3n) is 9.89. The number of hydrogen-bond donors (Lipinski definition) is 2. The predicted molar refractivity (Wildman–Crippen MR) is 220 cm³/mol. The molecule has 0 radical (unpaired) electrons. The normalized spacial score (nSPS) is 14.7. The second-order valence-electron chi connectivity index (χ2n) is 14.0. The Morgan fingerprint density at radius 3 is 2.37 bits per heavy atom. The molecular weight excluding hydrogens is 767 g/mol. The molecule has 13 nitrogen and oxygen atoms in total. The van der Waals surface area contributed by atoms with Gasteiger partial charge in [0.2, 0.25) is 11.8 Å². The van der Waals surface area contributed by atoms with Gasteiger partial charge in [0, 0.05) is 109 Å². The number of aryl methyl sites for hydroxylation is 1. The summed E-state index contributed by atoms with van der Waals surface area (Å²) in [7, 11) is 2.47. The highest BCUT2D eigenvalue weighted by Crippen LogP contribution is 2.44. The van der Waals surface area contributed by atoms with Crippen LogP contribution < -0.4 is 35.2 Å². The molecule has 2 fully saturated rings. The Balaban J connectivity index is 1.09. The summed E-state index contributed by atoms with van der Waals surface area (Å²) in [5, 5.41) is 13.0. The monoisotopic (exact) mass is 808 g/mol. The lowest BCUT2D eigenvalue weighted by molar-refractivity contribution is 0.398. The molecule has 6 aromatic rings. The van der Waals surface area contributed by atoms with E-state index in [1.165, 1.54) is 12.8 Å². The molecule has 2 aliphatic rings. The topological polar surface area (TPSA) is 135 Å². The summed E-state index contributed by atoms with van der Waals surface area (Å²) in [6, 6.07) is 16.2. The molecule has 1 saturated carbocycles. The van der Waals surface area contributed by atoms with Crippen molar-refractivity contribution in [3.8, 4) is 22.8 Å². The van der Waals surface area contributed by atoms with Gasteiger partial charge in [-0.15, -0.1) is 0 Å². The smallest absolute Gasteiger partial charge is 0.229 e. The van der Waals surface area contributed by atoms with E-state index in [0.717, 1.165) is 70.6 Å². The molecule has 8 rings (SSSR count). The first kappa shape index (κ1) is 35.8. The number of hydrogen-bond acceptors (Lipinski definition) is 12. The number of ether oxygens (including phenoxy) is 2. The number of benzene rings is 2. The van der Waals surface area contributed by atoms with Gasteiger partial charge in [-0.2, -0.15) is 10.1 Å². The van der Waals surface area contributed by atoms with Crippen LogP contribution in [0.15, 0.2) is 77.8 Å².